The van der Waals surface area contributed by atoms with E-state index >= 15 is 0 Å². The predicted molar refractivity (Wildman–Crippen MR) is 43.8 cm³/mol. The molecular formula is C9H10O3. The molecule has 0 fully saturated rings. The van der Waals surface area contributed by atoms with Gasteiger partial charge in [-0.1, -0.05) is 0 Å². The van der Waals surface area contributed by atoms with Crippen molar-refractivity contribution in [3.05, 3.63) is 36.5 Å². The molecule has 0 saturated heterocycles. The minimum Gasteiger partial charge on any atom is -0.501 e. The predicted octanol–water partition coefficient (Wildman–Crippen LogP) is 2.01. The summed E-state index contributed by atoms with van der Waals surface area (Å²) in [5, 5.41) is 0. The normalized spacial score (nSPS) is 10.4. The SMILES string of the molecule is CCO/C=C/C(=O)c1ccco1. The van der Waals surface area contributed by atoms with E-state index in [4.69, 9.17) is 9.15 Å². The summed E-state index contributed by atoms with van der Waals surface area (Å²) in [7, 11) is 0. The van der Waals surface area contributed by atoms with Crippen LogP contribution in [0.1, 0.15) is 17.5 Å². The Bertz CT molecular complexity index is 259. The Labute approximate surface area is 70.6 Å². The molecule has 64 valence electrons. The highest BCUT2D eigenvalue weighted by molar-refractivity contribution is 6.02. The fourth-order valence-electron chi connectivity index (χ4n) is 0.707. The third kappa shape index (κ3) is 2.27. The van der Waals surface area contributed by atoms with Crippen molar-refractivity contribution < 1.29 is 13.9 Å². The third-order valence-electron chi connectivity index (χ3n) is 1.25. The summed E-state index contributed by atoms with van der Waals surface area (Å²) in [4.78, 5) is 11.1. The van der Waals surface area contributed by atoms with Crippen molar-refractivity contribution in [2.45, 2.75) is 6.92 Å². The molecule has 1 rings (SSSR count). The van der Waals surface area contributed by atoms with Crippen LogP contribution in [0.5, 0.6) is 0 Å². The van der Waals surface area contributed by atoms with E-state index in [1.165, 1.54) is 18.6 Å². The van der Waals surface area contributed by atoms with Crippen LogP contribution < -0.4 is 0 Å². The monoisotopic (exact) mass is 166 g/mol. The third-order valence-corrected chi connectivity index (χ3v) is 1.25. The van der Waals surface area contributed by atoms with Crippen LogP contribution in [0.25, 0.3) is 0 Å². The highest BCUT2D eigenvalue weighted by Gasteiger charge is 2.02. The van der Waals surface area contributed by atoms with Crippen molar-refractivity contribution in [3.63, 3.8) is 0 Å². The smallest absolute Gasteiger partial charge is 0.224 e. The van der Waals surface area contributed by atoms with Gasteiger partial charge in [-0.2, -0.15) is 0 Å². The summed E-state index contributed by atoms with van der Waals surface area (Å²) in [5.41, 5.74) is 0. The molecule has 0 aliphatic heterocycles. The number of carbonyl (C=O) groups excluding carboxylic acids is 1. The summed E-state index contributed by atoms with van der Waals surface area (Å²) >= 11 is 0. The van der Waals surface area contributed by atoms with Crippen LogP contribution in [0.4, 0.5) is 0 Å². The molecule has 1 aromatic rings. The number of furan rings is 1. The van der Waals surface area contributed by atoms with E-state index in [9.17, 15) is 4.79 Å². The van der Waals surface area contributed by atoms with E-state index in [1.807, 2.05) is 6.92 Å². The van der Waals surface area contributed by atoms with Gasteiger partial charge in [-0.3, -0.25) is 4.79 Å². The maximum atomic E-state index is 11.1. The first-order valence-corrected chi connectivity index (χ1v) is 3.70. The fraction of sp³-hybridized carbons (Fsp3) is 0.222. The van der Waals surface area contributed by atoms with E-state index in [0.717, 1.165) is 0 Å². The highest BCUT2D eigenvalue weighted by atomic mass is 16.5. The maximum Gasteiger partial charge on any atom is 0.224 e. The molecule has 12 heavy (non-hydrogen) atoms. The minimum atomic E-state index is -0.187. The van der Waals surface area contributed by atoms with Crippen LogP contribution in [0.15, 0.2) is 35.2 Å². The average Bonchev–Trinajstić information content (AvgIpc) is 2.56. The molecule has 0 saturated carbocycles. The number of allylic oxidation sites excluding steroid dienone is 1. The second-order valence-electron chi connectivity index (χ2n) is 2.10. The summed E-state index contributed by atoms with van der Waals surface area (Å²) in [6, 6.07) is 3.28. The lowest BCUT2D eigenvalue weighted by Gasteiger charge is -1.90. The second kappa shape index (κ2) is 4.38. The molecule has 0 atom stereocenters. The molecule has 0 aliphatic rings. The van der Waals surface area contributed by atoms with E-state index in [1.54, 1.807) is 12.1 Å². The average molecular weight is 166 g/mol. The Morgan fingerprint density at radius 1 is 1.75 bits per heavy atom. The number of ether oxygens (including phenoxy) is 1. The van der Waals surface area contributed by atoms with Gasteiger partial charge in [0.25, 0.3) is 0 Å². The largest absolute Gasteiger partial charge is 0.501 e. The zero-order valence-electron chi connectivity index (χ0n) is 6.82. The number of hydrogen-bond acceptors (Lipinski definition) is 3. The van der Waals surface area contributed by atoms with E-state index < -0.39 is 0 Å². The van der Waals surface area contributed by atoms with Crippen LogP contribution in [-0.4, -0.2) is 12.4 Å². The molecule has 0 spiro atoms. The molecule has 0 unspecified atom stereocenters. The van der Waals surface area contributed by atoms with Crippen LogP contribution in [0.3, 0.4) is 0 Å². The Balaban J connectivity index is 2.50. The molecular weight excluding hydrogens is 156 g/mol. The van der Waals surface area contributed by atoms with Gasteiger partial charge < -0.3 is 9.15 Å². The lowest BCUT2D eigenvalue weighted by atomic mass is 10.3. The van der Waals surface area contributed by atoms with Gasteiger partial charge in [0.2, 0.25) is 5.78 Å². The van der Waals surface area contributed by atoms with E-state index in [-0.39, 0.29) is 5.78 Å². The molecule has 0 bridgehead atoms. The van der Waals surface area contributed by atoms with Gasteiger partial charge in [0.1, 0.15) is 0 Å². The van der Waals surface area contributed by atoms with E-state index in [0.29, 0.717) is 12.4 Å². The second-order valence-corrected chi connectivity index (χ2v) is 2.10. The van der Waals surface area contributed by atoms with Crippen molar-refractivity contribution in [2.24, 2.45) is 0 Å². The van der Waals surface area contributed by atoms with Crippen molar-refractivity contribution in [1.29, 1.82) is 0 Å². The zero-order chi connectivity index (χ0) is 8.81. The van der Waals surface area contributed by atoms with Crippen molar-refractivity contribution in [1.82, 2.24) is 0 Å². The molecule has 3 nitrogen and oxygen atoms in total. The molecule has 3 heteroatoms. The number of carbonyl (C=O) groups is 1. The topological polar surface area (TPSA) is 39.4 Å². The van der Waals surface area contributed by atoms with Gasteiger partial charge >= 0.3 is 0 Å². The van der Waals surface area contributed by atoms with Gasteiger partial charge in [-0.15, -0.1) is 0 Å². The minimum absolute atomic E-state index is 0.187. The number of hydrogen-bond donors (Lipinski definition) is 0. The van der Waals surface area contributed by atoms with Gasteiger partial charge in [0.15, 0.2) is 5.76 Å². The van der Waals surface area contributed by atoms with Crippen LogP contribution >= 0.6 is 0 Å². The number of ketones is 1. The summed E-state index contributed by atoms with van der Waals surface area (Å²) in [6.07, 6.45) is 4.16. The Morgan fingerprint density at radius 3 is 3.17 bits per heavy atom. The summed E-state index contributed by atoms with van der Waals surface area (Å²) < 4.78 is 9.73. The first kappa shape index (κ1) is 8.59. The molecule has 0 N–H and O–H groups in total. The van der Waals surface area contributed by atoms with Crippen LogP contribution in [-0.2, 0) is 4.74 Å². The molecule has 1 heterocycles. The number of rotatable bonds is 4. The lowest BCUT2D eigenvalue weighted by molar-refractivity contribution is 0.101. The Morgan fingerprint density at radius 2 is 2.58 bits per heavy atom. The first-order chi connectivity index (χ1) is 5.84. The standard InChI is InChI=1S/C9H10O3/c1-2-11-7-5-8(10)9-4-3-6-12-9/h3-7H,2H2,1H3/b7-5+. The molecule has 0 radical (unpaired) electrons. The fourth-order valence-corrected chi connectivity index (χ4v) is 0.707. The highest BCUT2D eigenvalue weighted by Crippen LogP contribution is 2.01. The molecule has 1 aromatic heterocycles. The van der Waals surface area contributed by atoms with Gasteiger partial charge in [-0.05, 0) is 19.1 Å². The molecule has 0 aliphatic carbocycles. The van der Waals surface area contributed by atoms with Crippen LogP contribution in [0.2, 0.25) is 0 Å². The summed E-state index contributed by atoms with van der Waals surface area (Å²) in [6.45, 7) is 2.41. The summed E-state index contributed by atoms with van der Waals surface area (Å²) in [5.74, 6) is 0.138. The van der Waals surface area contributed by atoms with E-state index in [2.05, 4.69) is 0 Å². The lowest BCUT2D eigenvalue weighted by Crippen LogP contribution is -1.91. The first-order valence-electron chi connectivity index (χ1n) is 3.70. The van der Waals surface area contributed by atoms with Gasteiger partial charge in [-0.25, -0.2) is 0 Å². The Kier molecular flexibility index (Phi) is 3.14. The Hall–Kier alpha value is -1.51. The van der Waals surface area contributed by atoms with Crippen molar-refractivity contribution in [2.75, 3.05) is 6.61 Å². The molecule has 0 amide bonds. The quantitative estimate of drug-likeness (QED) is 0.390. The van der Waals surface area contributed by atoms with Crippen LogP contribution in [0, 0.1) is 0 Å². The van der Waals surface area contributed by atoms with Crippen molar-refractivity contribution in [3.8, 4) is 0 Å². The molecule has 0 aromatic carbocycles. The van der Waals surface area contributed by atoms with Crippen molar-refractivity contribution >= 4 is 5.78 Å². The van der Waals surface area contributed by atoms with Gasteiger partial charge in [0.05, 0.1) is 19.1 Å². The zero-order valence-corrected chi connectivity index (χ0v) is 6.82. The van der Waals surface area contributed by atoms with Gasteiger partial charge in [0, 0.05) is 6.08 Å². The maximum absolute atomic E-state index is 11.1.